The lowest BCUT2D eigenvalue weighted by molar-refractivity contribution is -0.131. The van der Waals surface area contributed by atoms with Gasteiger partial charge in [0.25, 0.3) is 0 Å². The highest BCUT2D eigenvalue weighted by Crippen LogP contribution is 2.62. The quantitative estimate of drug-likeness (QED) is 0.805. The summed E-state index contributed by atoms with van der Waals surface area (Å²) in [6.45, 7) is 4.00. The lowest BCUT2D eigenvalue weighted by atomic mass is 9.45. The first-order valence-electron chi connectivity index (χ1n) is 7.43. The Morgan fingerprint density at radius 3 is 2.33 bits per heavy atom. The first-order valence-corrected chi connectivity index (χ1v) is 7.43. The Labute approximate surface area is 110 Å². The van der Waals surface area contributed by atoms with E-state index in [0.717, 1.165) is 11.8 Å². The summed E-state index contributed by atoms with van der Waals surface area (Å²) in [5.74, 6) is 1.84. The van der Waals surface area contributed by atoms with Gasteiger partial charge in [0, 0.05) is 18.5 Å². The Balaban J connectivity index is 1.90. The van der Waals surface area contributed by atoms with Gasteiger partial charge in [0.15, 0.2) is 0 Å². The Hall–Kier alpha value is -0.570. The number of hydrogen-bond donors (Lipinski definition) is 2. The predicted octanol–water partition coefficient (Wildman–Crippen LogP) is 2.07. The van der Waals surface area contributed by atoms with Crippen LogP contribution in [-0.2, 0) is 4.79 Å². The van der Waals surface area contributed by atoms with Crippen molar-refractivity contribution in [2.75, 3.05) is 7.05 Å². The van der Waals surface area contributed by atoms with Crippen LogP contribution in [-0.4, -0.2) is 24.5 Å². The molecule has 4 aliphatic rings. The van der Waals surface area contributed by atoms with Crippen LogP contribution >= 0.6 is 0 Å². The van der Waals surface area contributed by atoms with Gasteiger partial charge in [-0.2, -0.15) is 0 Å². The predicted molar refractivity (Wildman–Crippen MR) is 72.2 cm³/mol. The fourth-order valence-corrected chi connectivity index (χ4v) is 5.67. The molecule has 0 saturated heterocycles. The average molecular weight is 250 g/mol. The lowest BCUT2D eigenvalue weighted by Crippen LogP contribution is -2.66. The van der Waals surface area contributed by atoms with Crippen molar-refractivity contribution in [3.05, 3.63) is 0 Å². The third-order valence-corrected chi connectivity index (χ3v) is 5.90. The van der Waals surface area contributed by atoms with Crippen molar-refractivity contribution in [2.24, 2.45) is 17.3 Å². The van der Waals surface area contributed by atoms with Crippen LogP contribution in [0.1, 0.15) is 52.4 Å². The maximum absolute atomic E-state index is 11.5. The number of nitrogens with one attached hydrogen (secondary N) is 2. The molecule has 0 aliphatic heterocycles. The van der Waals surface area contributed by atoms with E-state index in [4.69, 9.17) is 0 Å². The summed E-state index contributed by atoms with van der Waals surface area (Å²) >= 11 is 0. The molecule has 0 spiro atoms. The molecule has 4 bridgehead atoms. The minimum Gasteiger partial charge on any atom is -0.351 e. The third-order valence-electron chi connectivity index (χ3n) is 5.90. The smallest absolute Gasteiger partial charge is 0.217 e. The standard InChI is InChI=1S/C15H26N2O/c1-10(16-3)14-5-12-4-13(6-14)8-15(7-12,9-14)17-11(2)18/h10,12-13,16H,4-9H2,1-3H3,(H,17,18). The van der Waals surface area contributed by atoms with Gasteiger partial charge in [0.2, 0.25) is 5.91 Å². The highest BCUT2D eigenvalue weighted by atomic mass is 16.1. The van der Waals surface area contributed by atoms with E-state index in [1.165, 1.54) is 38.5 Å². The molecular formula is C15H26N2O. The van der Waals surface area contributed by atoms with E-state index in [1.54, 1.807) is 6.92 Å². The Bertz CT molecular complexity index is 352. The van der Waals surface area contributed by atoms with Gasteiger partial charge < -0.3 is 10.6 Å². The molecule has 18 heavy (non-hydrogen) atoms. The van der Waals surface area contributed by atoms with Crippen LogP contribution in [0.25, 0.3) is 0 Å². The third kappa shape index (κ3) is 1.78. The number of carbonyl (C=O) groups excluding carboxylic acids is 1. The van der Waals surface area contributed by atoms with Crippen molar-refractivity contribution >= 4 is 5.91 Å². The molecule has 4 rings (SSSR count). The normalized spacial score (nSPS) is 47.1. The van der Waals surface area contributed by atoms with Crippen molar-refractivity contribution in [3.63, 3.8) is 0 Å². The number of amides is 1. The van der Waals surface area contributed by atoms with Gasteiger partial charge in [-0.25, -0.2) is 0 Å². The highest BCUT2D eigenvalue weighted by molar-refractivity contribution is 5.74. The molecule has 2 N–H and O–H groups in total. The zero-order valence-corrected chi connectivity index (χ0v) is 11.9. The largest absolute Gasteiger partial charge is 0.351 e. The maximum atomic E-state index is 11.5. The summed E-state index contributed by atoms with van der Waals surface area (Å²) in [6.07, 6.45) is 7.77. The second-order valence-electron chi connectivity index (χ2n) is 7.30. The van der Waals surface area contributed by atoms with Crippen molar-refractivity contribution in [1.82, 2.24) is 10.6 Å². The Morgan fingerprint density at radius 1 is 1.22 bits per heavy atom. The molecule has 3 unspecified atom stereocenters. The zero-order chi connectivity index (χ0) is 13.0. The van der Waals surface area contributed by atoms with Crippen LogP contribution in [0.2, 0.25) is 0 Å². The molecule has 102 valence electrons. The van der Waals surface area contributed by atoms with Gasteiger partial charge in [-0.15, -0.1) is 0 Å². The van der Waals surface area contributed by atoms with Crippen LogP contribution in [0.3, 0.4) is 0 Å². The van der Waals surface area contributed by atoms with Crippen LogP contribution < -0.4 is 10.6 Å². The topological polar surface area (TPSA) is 41.1 Å². The van der Waals surface area contributed by atoms with Crippen molar-refractivity contribution in [3.8, 4) is 0 Å². The molecule has 4 fully saturated rings. The minimum absolute atomic E-state index is 0.126. The van der Waals surface area contributed by atoms with Crippen LogP contribution in [0.15, 0.2) is 0 Å². The van der Waals surface area contributed by atoms with Gasteiger partial charge in [-0.05, 0) is 69.7 Å². The molecule has 3 nitrogen and oxygen atoms in total. The van der Waals surface area contributed by atoms with Gasteiger partial charge in [-0.1, -0.05) is 0 Å². The van der Waals surface area contributed by atoms with Gasteiger partial charge in [0.1, 0.15) is 0 Å². The fourth-order valence-electron chi connectivity index (χ4n) is 5.67. The average Bonchev–Trinajstić information content (AvgIpc) is 2.24. The molecule has 3 atom stereocenters. The molecule has 0 aromatic carbocycles. The maximum Gasteiger partial charge on any atom is 0.217 e. The van der Waals surface area contributed by atoms with Gasteiger partial charge >= 0.3 is 0 Å². The van der Waals surface area contributed by atoms with Crippen LogP contribution in [0, 0.1) is 17.3 Å². The minimum atomic E-state index is 0.126. The molecule has 0 aromatic heterocycles. The van der Waals surface area contributed by atoms with Crippen molar-refractivity contribution in [1.29, 1.82) is 0 Å². The van der Waals surface area contributed by atoms with Crippen LogP contribution in [0.4, 0.5) is 0 Å². The van der Waals surface area contributed by atoms with E-state index in [-0.39, 0.29) is 11.4 Å². The summed E-state index contributed by atoms with van der Waals surface area (Å²) in [4.78, 5) is 11.5. The molecular weight excluding hydrogens is 224 g/mol. The van der Waals surface area contributed by atoms with E-state index < -0.39 is 0 Å². The molecule has 1 amide bonds. The van der Waals surface area contributed by atoms with E-state index in [2.05, 4.69) is 24.6 Å². The fraction of sp³-hybridized carbons (Fsp3) is 0.933. The molecule has 3 heteroatoms. The second kappa shape index (κ2) is 3.96. The summed E-state index contributed by atoms with van der Waals surface area (Å²) in [5, 5.41) is 6.80. The number of hydrogen-bond acceptors (Lipinski definition) is 2. The molecule has 4 saturated carbocycles. The van der Waals surface area contributed by atoms with Crippen molar-refractivity contribution < 1.29 is 4.79 Å². The Morgan fingerprint density at radius 2 is 1.83 bits per heavy atom. The Kier molecular flexibility index (Phi) is 2.74. The first kappa shape index (κ1) is 12.5. The van der Waals surface area contributed by atoms with Crippen molar-refractivity contribution in [2.45, 2.75) is 64.0 Å². The summed E-state index contributed by atoms with van der Waals surface area (Å²) in [6, 6.07) is 0.566. The monoisotopic (exact) mass is 250 g/mol. The molecule has 0 heterocycles. The SMILES string of the molecule is CNC(C)C12CC3CC(CC(NC(C)=O)(C3)C1)C2. The number of rotatable bonds is 3. The summed E-state index contributed by atoms with van der Waals surface area (Å²) < 4.78 is 0. The second-order valence-corrected chi connectivity index (χ2v) is 7.30. The molecule has 4 aliphatic carbocycles. The van der Waals surface area contributed by atoms with E-state index >= 15 is 0 Å². The summed E-state index contributed by atoms with van der Waals surface area (Å²) in [7, 11) is 2.08. The molecule has 0 radical (unpaired) electrons. The van der Waals surface area contributed by atoms with E-state index in [0.29, 0.717) is 11.5 Å². The lowest BCUT2D eigenvalue weighted by Gasteiger charge is -2.64. The highest BCUT2D eigenvalue weighted by Gasteiger charge is 2.59. The summed E-state index contributed by atoms with van der Waals surface area (Å²) in [5.41, 5.74) is 0.558. The zero-order valence-electron chi connectivity index (χ0n) is 11.9. The van der Waals surface area contributed by atoms with Gasteiger partial charge in [0.05, 0.1) is 0 Å². The number of carbonyl (C=O) groups is 1. The van der Waals surface area contributed by atoms with E-state index in [1.807, 2.05) is 0 Å². The first-order chi connectivity index (χ1) is 8.47. The van der Waals surface area contributed by atoms with Gasteiger partial charge in [-0.3, -0.25) is 4.79 Å². The van der Waals surface area contributed by atoms with E-state index in [9.17, 15) is 4.79 Å². The molecule has 0 aromatic rings. The van der Waals surface area contributed by atoms with Crippen LogP contribution in [0.5, 0.6) is 0 Å².